The highest BCUT2D eigenvalue weighted by molar-refractivity contribution is 7.99. The Balaban J connectivity index is 1.27. The molecule has 2 unspecified atom stereocenters. The summed E-state index contributed by atoms with van der Waals surface area (Å²) in [5, 5.41) is 19.0. The maximum Gasteiger partial charge on any atom is 0.306 e. The number of hydrogen-bond donors (Lipinski definition) is 3. The first-order valence-corrected chi connectivity index (χ1v) is 14.7. The van der Waals surface area contributed by atoms with Gasteiger partial charge in [0.05, 0.1) is 24.7 Å². The van der Waals surface area contributed by atoms with Crippen molar-refractivity contribution >= 4 is 23.6 Å². The fourth-order valence-corrected chi connectivity index (χ4v) is 9.48. The number of thioether (sulfide) groups is 1. The normalized spacial score (nSPS) is 37.4. The van der Waals surface area contributed by atoms with Crippen molar-refractivity contribution in [3.8, 4) is 0 Å². The van der Waals surface area contributed by atoms with Gasteiger partial charge >= 0.3 is 5.97 Å². The third-order valence-electron chi connectivity index (χ3n) is 9.72. The number of amides is 1. The molecule has 2 heterocycles. The molecule has 4 bridgehead atoms. The Hall–Kier alpha value is -1.64. The number of methoxy groups -OCH3 is 1. The third-order valence-corrected chi connectivity index (χ3v) is 11.1. The van der Waals surface area contributed by atoms with Gasteiger partial charge in [-0.2, -0.15) is 0 Å². The molecule has 6 fully saturated rings. The molecule has 196 valence electrons. The molecule has 1 amide bonds. The SMILES string of the molecule is COC(=O)C[C@@]1(c2ccc(C(=O)NC3C4CC5CC3CC(O)(C5)C4)c(SC3CCCC3)n2)CCNC1. The van der Waals surface area contributed by atoms with E-state index in [0.29, 0.717) is 35.1 Å². The monoisotopic (exact) mass is 513 g/mol. The molecule has 1 saturated heterocycles. The van der Waals surface area contributed by atoms with Crippen LogP contribution in [0, 0.1) is 17.8 Å². The van der Waals surface area contributed by atoms with E-state index in [4.69, 9.17) is 9.72 Å². The molecule has 3 atom stereocenters. The number of pyridine rings is 1. The number of carbonyl (C=O) groups excluding carboxylic acids is 2. The standard InChI is InChI=1S/C28H39N3O4S/c1-35-23(32)15-27(8-9-29-16-27)22-7-6-21(26(30-22)36-20-4-2-3-5-20)25(33)31-24-18-10-17-11-19(24)14-28(34,12-17)13-18/h6-7,17-20,24,29,34H,2-5,8-16H2,1H3,(H,31,33)/t17?,18?,19?,24?,27-,28?/m0/s1. The number of hydrogen-bond acceptors (Lipinski definition) is 7. The van der Waals surface area contributed by atoms with Crippen LogP contribution in [-0.2, 0) is 14.9 Å². The van der Waals surface area contributed by atoms with E-state index in [9.17, 15) is 14.7 Å². The van der Waals surface area contributed by atoms with Gasteiger partial charge in [0.15, 0.2) is 0 Å². The van der Waals surface area contributed by atoms with Crippen molar-refractivity contribution in [2.24, 2.45) is 17.8 Å². The lowest BCUT2D eigenvalue weighted by molar-refractivity contribution is -0.142. The molecule has 36 heavy (non-hydrogen) atoms. The van der Waals surface area contributed by atoms with Crippen molar-refractivity contribution in [3.05, 3.63) is 23.4 Å². The van der Waals surface area contributed by atoms with Crippen molar-refractivity contribution in [2.75, 3.05) is 20.2 Å². The molecule has 0 spiro atoms. The predicted octanol–water partition coefficient (Wildman–Crippen LogP) is 3.58. The maximum atomic E-state index is 13.7. The lowest BCUT2D eigenvalue weighted by Crippen LogP contribution is -2.61. The molecule has 1 aromatic rings. The molecule has 8 heteroatoms. The number of aliphatic hydroxyl groups is 1. The van der Waals surface area contributed by atoms with Crippen LogP contribution in [-0.4, -0.2) is 59.1 Å². The topological polar surface area (TPSA) is 101 Å². The van der Waals surface area contributed by atoms with Crippen LogP contribution in [0.15, 0.2) is 17.2 Å². The molecular formula is C28H39N3O4S. The molecule has 7 nitrogen and oxygen atoms in total. The molecule has 0 aromatic carbocycles. The summed E-state index contributed by atoms with van der Waals surface area (Å²) in [6.45, 7) is 1.52. The Kier molecular flexibility index (Phi) is 6.57. The average Bonchev–Trinajstić information content (AvgIpc) is 3.53. The second kappa shape index (κ2) is 9.59. The molecular weight excluding hydrogens is 474 g/mol. The summed E-state index contributed by atoms with van der Waals surface area (Å²) in [5.41, 5.74) is 0.631. The largest absolute Gasteiger partial charge is 0.469 e. The van der Waals surface area contributed by atoms with Gasteiger partial charge in [0.25, 0.3) is 5.91 Å². The van der Waals surface area contributed by atoms with Gasteiger partial charge in [-0.3, -0.25) is 9.59 Å². The minimum atomic E-state index is -0.506. The summed E-state index contributed by atoms with van der Waals surface area (Å²) in [4.78, 5) is 31.1. The Morgan fingerprint density at radius 3 is 2.58 bits per heavy atom. The van der Waals surface area contributed by atoms with Gasteiger partial charge in [-0.15, -0.1) is 11.8 Å². The zero-order valence-electron chi connectivity index (χ0n) is 21.3. The second-order valence-electron chi connectivity index (χ2n) is 12.2. The van der Waals surface area contributed by atoms with Crippen LogP contribution in [0.5, 0.6) is 0 Å². The number of esters is 1. The lowest BCUT2D eigenvalue weighted by Gasteiger charge is -2.58. The smallest absolute Gasteiger partial charge is 0.306 e. The molecule has 6 aliphatic rings. The fraction of sp³-hybridized carbons (Fsp3) is 0.750. The number of nitrogens with zero attached hydrogens (tertiary/aromatic N) is 1. The Labute approximate surface area is 217 Å². The van der Waals surface area contributed by atoms with Crippen molar-refractivity contribution < 1.29 is 19.4 Å². The summed E-state index contributed by atoms with van der Waals surface area (Å²) in [7, 11) is 1.43. The quantitative estimate of drug-likeness (QED) is 0.479. The van der Waals surface area contributed by atoms with Gasteiger partial charge in [0, 0.05) is 28.9 Å². The number of nitrogens with one attached hydrogen (secondary N) is 2. The Morgan fingerprint density at radius 1 is 1.19 bits per heavy atom. The van der Waals surface area contributed by atoms with E-state index in [-0.39, 0.29) is 24.3 Å². The van der Waals surface area contributed by atoms with Gasteiger partial charge in [0.2, 0.25) is 0 Å². The predicted molar refractivity (Wildman–Crippen MR) is 138 cm³/mol. The van der Waals surface area contributed by atoms with E-state index in [1.807, 2.05) is 12.1 Å². The molecule has 3 N–H and O–H groups in total. The minimum absolute atomic E-state index is 0.0365. The summed E-state index contributed by atoms with van der Waals surface area (Å²) in [6.07, 6.45) is 10.7. The number of aromatic nitrogens is 1. The molecule has 0 radical (unpaired) electrons. The van der Waals surface area contributed by atoms with E-state index in [1.54, 1.807) is 11.8 Å². The van der Waals surface area contributed by atoms with E-state index >= 15 is 0 Å². The lowest BCUT2D eigenvalue weighted by atomic mass is 9.52. The van der Waals surface area contributed by atoms with Gasteiger partial charge in [-0.1, -0.05) is 12.8 Å². The molecule has 1 aromatic heterocycles. The van der Waals surface area contributed by atoms with Gasteiger partial charge < -0.3 is 20.5 Å². The van der Waals surface area contributed by atoms with E-state index in [2.05, 4.69) is 10.6 Å². The molecule has 7 rings (SSSR count). The van der Waals surface area contributed by atoms with Crippen LogP contribution >= 0.6 is 11.8 Å². The van der Waals surface area contributed by atoms with Gasteiger partial charge in [-0.25, -0.2) is 4.98 Å². The van der Waals surface area contributed by atoms with Crippen molar-refractivity contribution in [1.82, 2.24) is 15.6 Å². The first kappa shape index (κ1) is 24.7. The summed E-state index contributed by atoms with van der Waals surface area (Å²) in [5.74, 6) is 1.09. The molecule has 5 aliphatic carbocycles. The van der Waals surface area contributed by atoms with E-state index in [0.717, 1.165) is 68.6 Å². The van der Waals surface area contributed by atoms with Crippen molar-refractivity contribution in [3.63, 3.8) is 0 Å². The van der Waals surface area contributed by atoms with Crippen LogP contribution < -0.4 is 10.6 Å². The van der Waals surface area contributed by atoms with E-state index < -0.39 is 11.0 Å². The number of carbonyl (C=O) groups is 2. The van der Waals surface area contributed by atoms with Crippen LogP contribution in [0.3, 0.4) is 0 Å². The minimum Gasteiger partial charge on any atom is -0.469 e. The van der Waals surface area contributed by atoms with E-state index in [1.165, 1.54) is 20.0 Å². The zero-order valence-corrected chi connectivity index (χ0v) is 22.1. The number of rotatable bonds is 7. The maximum absolute atomic E-state index is 13.7. The summed E-state index contributed by atoms with van der Waals surface area (Å²) in [6, 6.07) is 4.04. The van der Waals surface area contributed by atoms with Crippen molar-refractivity contribution in [1.29, 1.82) is 0 Å². The Morgan fingerprint density at radius 2 is 1.94 bits per heavy atom. The van der Waals surface area contributed by atoms with Crippen LogP contribution in [0.25, 0.3) is 0 Å². The first-order chi connectivity index (χ1) is 17.4. The highest BCUT2D eigenvalue weighted by Crippen LogP contribution is 2.55. The highest BCUT2D eigenvalue weighted by Gasteiger charge is 2.55. The Bertz CT molecular complexity index is 1000. The number of ether oxygens (including phenoxy) is 1. The van der Waals surface area contributed by atoms with Gasteiger partial charge in [0.1, 0.15) is 5.03 Å². The third kappa shape index (κ3) is 4.58. The average molecular weight is 514 g/mol. The van der Waals surface area contributed by atoms with Crippen molar-refractivity contribution in [2.45, 2.75) is 98.0 Å². The van der Waals surface area contributed by atoms with Gasteiger partial charge in [-0.05, 0) is 87.8 Å². The summed E-state index contributed by atoms with van der Waals surface area (Å²) < 4.78 is 5.02. The fourth-order valence-electron chi connectivity index (χ4n) is 8.16. The highest BCUT2D eigenvalue weighted by atomic mass is 32.2. The first-order valence-electron chi connectivity index (χ1n) is 13.9. The molecule has 1 aliphatic heterocycles. The van der Waals surface area contributed by atoms with Crippen LogP contribution in [0.4, 0.5) is 0 Å². The zero-order chi connectivity index (χ0) is 24.9. The van der Waals surface area contributed by atoms with Crippen LogP contribution in [0.1, 0.15) is 86.7 Å². The van der Waals surface area contributed by atoms with Crippen LogP contribution in [0.2, 0.25) is 0 Å². The summed E-state index contributed by atoms with van der Waals surface area (Å²) >= 11 is 1.74. The molecule has 5 saturated carbocycles. The second-order valence-corrected chi connectivity index (χ2v) is 13.5.